The number of hydrogen-bond donors (Lipinski definition) is 1. The molecule has 0 saturated heterocycles. The SMILES string of the molecule is Cc1cc(SC(CC(C)(C)C)c2ccc(C(=O)O)s2)cc(C)c1Br. The van der Waals surface area contributed by atoms with Crippen molar-refractivity contribution in [1.82, 2.24) is 0 Å². The first-order chi connectivity index (χ1) is 11.1. The topological polar surface area (TPSA) is 37.3 Å². The van der Waals surface area contributed by atoms with Crippen molar-refractivity contribution in [2.24, 2.45) is 5.41 Å². The first-order valence-corrected chi connectivity index (χ1v) is 10.3. The maximum Gasteiger partial charge on any atom is 0.345 e. The molecule has 1 heterocycles. The minimum absolute atomic E-state index is 0.171. The summed E-state index contributed by atoms with van der Waals surface area (Å²) in [4.78, 5) is 14.0. The van der Waals surface area contributed by atoms with E-state index in [0.717, 1.165) is 15.8 Å². The fraction of sp³-hybridized carbons (Fsp3) is 0.421. The summed E-state index contributed by atoms with van der Waals surface area (Å²) in [6.45, 7) is 10.9. The highest BCUT2D eigenvalue weighted by Crippen LogP contribution is 2.46. The van der Waals surface area contributed by atoms with Gasteiger partial charge in [-0.3, -0.25) is 0 Å². The number of halogens is 1. The van der Waals surface area contributed by atoms with Gasteiger partial charge in [-0.2, -0.15) is 0 Å². The van der Waals surface area contributed by atoms with E-state index in [2.05, 4.69) is 62.7 Å². The zero-order valence-electron chi connectivity index (χ0n) is 14.6. The molecule has 0 aliphatic rings. The molecule has 1 aromatic carbocycles. The van der Waals surface area contributed by atoms with Crippen molar-refractivity contribution in [3.63, 3.8) is 0 Å². The molecule has 1 atom stereocenters. The Hall–Kier alpha value is -0.780. The van der Waals surface area contributed by atoms with E-state index >= 15 is 0 Å². The van der Waals surface area contributed by atoms with Gasteiger partial charge in [0.25, 0.3) is 0 Å². The quantitative estimate of drug-likeness (QED) is 0.518. The lowest BCUT2D eigenvalue weighted by molar-refractivity contribution is 0.0702. The van der Waals surface area contributed by atoms with Crippen molar-refractivity contribution in [2.45, 2.75) is 51.2 Å². The van der Waals surface area contributed by atoms with Crippen LogP contribution in [0.25, 0.3) is 0 Å². The molecule has 0 saturated carbocycles. The van der Waals surface area contributed by atoms with Gasteiger partial charge in [0.05, 0.1) is 0 Å². The number of carboxylic acid groups (broad SMARTS) is 1. The molecule has 5 heteroatoms. The minimum Gasteiger partial charge on any atom is -0.477 e. The first kappa shape index (κ1) is 19.5. The molecular formula is C19H23BrO2S2. The van der Waals surface area contributed by atoms with Gasteiger partial charge in [0, 0.05) is 19.5 Å². The van der Waals surface area contributed by atoms with Gasteiger partial charge in [-0.05, 0) is 61.1 Å². The van der Waals surface area contributed by atoms with Crippen LogP contribution in [-0.4, -0.2) is 11.1 Å². The Balaban J connectivity index is 2.34. The Morgan fingerprint density at radius 1 is 1.25 bits per heavy atom. The van der Waals surface area contributed by atoms with Crippen LogP contribution in [0.1, 0.15) is 58.1 Å². The third-order valence-corrected chi connectivity index (χ3v) is 7.44. The zero-order valence-corrected chi connectivity index (χ0v) is 17.9. The molecule has 0 aliphatic carbocycles. The molecule has 0 bridgehead atoms. The molecule has 2 rings (SSSR count). The van der Waals surface area contributed by atoms with Crippen LogP contribution in [0.2, 0.25) is 0 Å². The number of thiophene rings is 1. The number of benzene rings is 1. The highest BCUT2D eigenvalue weighted by atomic mass is 79.9. The Kier molecular flexibility index (Phi) is 6.21. The van der Waals surface area contributed by atoms with E-state index in [1.165, 1.54) is 27.4 Å². The van der Waals surface area contributed by atoms with Crippen molar-refractivity contribution in [3.8, 4) is 0 Å². The predicted octanol–water partition coefficient (Wildman–Crippen LogP) is 7.10. The summed E-state index contributed by atoms with van der Waals surface area (Å²) < 4.78 is 1.16. The maximum atomic E-state index is 11.2. The second-order valence-electron chi connectivity index (χ2n) is 7.25. The summed E-state index contributed by atoms with van der Waals surface area (Å²) in [6.07, 6.45) is 0.991. The third-order valence-electron chi connectivity index (χ3n) is 3.64. The minimum atomic E-state index is -0.846. The molecule has 2 nitrogen and oxygen atoms in total. The van der Waals surface area contributed by atoms with Gasteiger partial charge in [0.15, 0.2) is 0 Å². The highest BCUT2D eigenvalue weighted by molar-refractivity contribution is 9.10. The Morgan fingerprint density at radius 3 is 2.29 bits per heavy atom. The number of aromatic carboxylic acids is 1. The van der Waals surface area contributed by atoms with Crippen molar-refractivity contribution in [1.29, 1.82) is 0 Å². The molecule has 2 aromatic rings. The molecule has 0 amide bonds. The number of hydrogen-bond acceptors (Lipinski definition) is 3. The van der Waals surface area contributed by atoms with Crippen molar-refractivity contribution in [3.05, 3.63) is 49.6 Å². The van der Waals surface area contributed by atoms with Crippen LogP contribution in [0.5, 0.6) is 0 Å². The van der Waals surface area contributed by atoms with Gasteiger partial charge < -0.3 is 5.11 Å². The lowest BCUT2D eigenvalue weighted by atomic mass is 9.90. The lowest BCUT2D eigenvalue weighted by Gasteiger charge is -2.25. The summed E-state index contributed by atoms with van der Waals surface area (Å²) in [5.74, 6) is -0.846. The Morgan fingerprint density at radius 2 is 1.83 bits per heavy atom. The van der Waals surface area contributed by atoms with Crippen LogP contribution < -0.4 is 0 Å². The second-order valence-corrected chi connectivity index (χ2v) is 10.4. The monoisotopic (exact) mass is 426 g/mol. The molecule has 0 radical (unpaired) electrons. The van der Waals surface area contributed by atoms with Crippen LogP contribution in [-0.2, 0) is 0 Å². The van der Waals surface area contributed by atoms with Crippen LogP contribution in [0, 0.1) is 19.3 Å². The zero-order chi connectivity index (χ0) is 18.1. The van der Waals surface area contributed by atoms with Gasteiger partial charge >= 0.3 is 5.97 Å². The van der Waals surface area contributed by atoms with E-state index < -0.39 is 5.97 Å². The molecule has 0 fully saturated rings. The third kappa shape index (κ3) is 5.11. The predicted molar refractivity (Wildman–Crippen MR) is 108 cm³/mol. The second kappa shape index (κ2) is 7.63. The number of thioether (sulfide) groups is 1. The van der Waals surface area contributed by atoms with Crippen molar-refractivity contribution >= 4 is 45.0 Å². The van der Waals surface area contributed by atoms with Crippen molar-refractivity contribution in [2.75, 3.05) is 0 Å². The van der Waals surface area contributed by atoms with Crippen LogP contribution >= 0.6 is 39.0 Å². The molecular weight excluding hydrogens is 404 g/mol. The Bertz CT molecular complexity index is 721. The van der Waals surface area contributed by atoms with E-state index in [9.17, 15) is 9.90 Å². The summed E-state index contributed by atoms with van der Waals surface area (Å²) in [5, 5.41) is 9.46. The van der Waals surface area contributed by atoms with E-state index in [-0.39, 0.29) is 10.7 Å². The molecule has 130 valence electrons. The molecule has 0 aliphatic heterocycles. The fourth-order valence-corrected chi connectivity index (χ4v) is 5.48. The Labute approximate surface area is 160 Å². The van der Waals surface area contributed by atoms with Gasteiger partial charge in [0.2, 0.25) is 0 Å². The standard InChI is InChI=1S/C19H23BrO2S2/c1-11-8-13(9-12(2)17(11)20)23-16(10-19(3,4)5)14-6-7-15(24-14)18(21)22/h6-9,16H,10H2,1-5H3,(H,21,22). The average molecular weight is 427 g/mol. The van der Waals surface area contributed by atoms with Gasteiger partial charge in [-0.25, -0.2) is 4.79 Å². The first-order valence-electron chi connectivity index (χ1n) is 7.83. The van der Waals surface area contributed by atoms with Crippen LogP contribution in [0.15, 0.2) is 33.6 Å². The highest BCUT2D eigenvalue weighted by Gasteiger charge is 2.24. The molecule has 24 heavy (non-hydrogen) atoms. The van der Waals surface area contributed by atoms with Crippen LogP contribution in [0.3, 0.4) is 0 Å². The lowest BCUT2D eigenvalue weighted by Crippen LogP contribution is -2.09. The molecule has 1 N–H and O–H groups in total. The van der Waals surface area contributed by atoms with E-state index in [1.807, 2.05) is 17.8 Å². The normalized spacial score (nSPS) is 13.1. The van der Waals surface area contributed by atoms with E-state index in [4.69, 9.17) is 0 Å². The van der Waals surface area contributed by atoms with Crippen molar-refractivity contribution < 1.29 is 9.90 Å². The van der Waals surface area contributed by atoms with Gasteiger partial charge in [-0.15, -0.1) is 23.1 Å². The van der Waals surface area contributed by atoms with Gasteiger partial charge in [-0.1, -0.05) is 36.7 Å². The molecule has 0 spiro atoms. The summed E-state index contributed by atoms with van der Waals surface area (Å²) in [5.41, 5.74) is 2.62. The van der Waals surface area contributed by atoms with E-state index in [0.29, 0.717) is 4.88 Å². The number of aryl methyl sites for hydroxylation is 2. The maximum absolute atomic E-state index is 11.2. The smallest absolute Gasteiger partial charge is 0.345 e. The molecule has 1 aromatic heterocycles. The number of carboxylic acids is 1. The van der Waals surface area contributed by atoms with Crippen LogP contribution in [0.4, 0.5) is 0 Å². The fourth-order valence-electron chi connectivity index (χ4n) is 2.54. The number of carbonyl (C=O) groups is 1. The largest absolute Gasteiger partial charge is 0.477 e. The summed E-state index contributed by atoms with van der Waals surface area (Å²) in [7, 11) is 0. The summed E-state index contributed by atoms with van der Waals surface area (Å²) >= 11 is 6.84. The number of rotatable bonds is 5. The average Bonchev–Trinajstić information content (AvgIpc) is 2.92. The van der Waals surface area contributed by atoms with E-state index in [1.54, 1.807) is 6.07 Å². The summed E-state index contributed by atoms with van der Waals surface area (Å²) in [6, 6.07) is 8.08. The molecule has 1 unspecified atom stereocenters. The van der Waals surface area contributed by atoms with Gasteiger partial charge in [0.1, 0.15) is 4.88 Å².